The first-order valence-electron chi connectivity index (χ1n) is 11.9. The highest BCUT2D eigenvalue weighted by Crippen LogP contribution is 2.39. The second-order valence-corrected chi connectivity index (χ2v) is 9.02. The van der Waals surface area contributed by atoms with Crippen molar-refractivity contribution in [3.05, 3.63) is 101 Å². The summed E-state index contributed by atoms with van der Waals surface area (Å²) >= 11 is 0. The van der Waals surface area contributed by atoms with Crippen LogP contribution in [-0.4, -0.2) is 56.0 Å². The minimum atomic E-state index is -0.699. The van der Waals surface area contributed by atoms with Gasteiger partial charge >= 0.3 is 0 Å². The minimum Gasteiger partial charge on any atom is -0.507 e. The molecule has 1 aliphatic rings. The normalized spacial score (nSPS) is 17.0. The Balaban J connectivity index is 1.67. The first-order chi connectivity index (χ1) is 17.4. The average molecular weight is 488 g/mol. The van der Waals surface area contributed by atoms with Gasteiger partial charge in [-0.25, -0.2) is 0 Å². The fraction of sp³-hybridized carbons (Fsp3) is 0.241. The van der Waals surface area contributed by atoms with E-state index < -0.39 is 17.7 Å². The monoisotopic (exact) mass is 487 g/mol. The Morgan fingerprint density at radius 1 is 0.917 bits per heavy atom. The molecule has 1 aliphatic heterocycles. The predicted octanol–water partition coefficient (Wildman–Crippen LogP) is 2.84. The molecule has 0 radical (unpaired) electrons. The van der Waals surface area contributed by atoms with Crippen LogP contribution in [0.2, 0.25) is 0 Å². The summed E-state index contributed by atoms with van der Waals surface area (Å²) in [6.07, 6.45) is 0. The van der Waals surface area contributed by atoms with Crippen molar-refractivity contribution in [2.24, 2.45) is 0 Å². The Bertz CT molecular complexity index is 1230. The quantitative estimate of drug-likeness (QED) is 0.276. The number of benzene rings is 3. The molecular formula is C29H31N2O5+. The van der Waals surface area contributed by atoms with Gasteiger partial charge in [-0.15, -0.1) is 0 Å². The van der Waals surface area contributed by atoms with Gasteiger partial charge < -0.3 is 24.4 Å². The maximum atomic E-state index is 13.1. The Morgan fingerprint density at radius 2 is 1.56 bits per heavy atom. The fourth-order valence-electron chi connectivity index (χ4n) is 4.19. The first-order valence-corrected chi connectivity index (χ1v) is 11.9. The number of carbonyl (C=O) groups is 2. The lowest BCUT2D eigenvalue weighted by Crippen LogP contribution is -3.06. The van der Waals surface area contributed by atoms with E-state index in [0.717, 1.165) is 16.0 Å². The van der Waals surface area contributed by atoms with Crippen LogP contribution >= 0.6 is 0 Å². The van der Waals surface area contributed by atoms with Gasteiger partial charge in [0.05, 0.1) is 45.9 Å². The molecule has 1 heterocycles. The SMILES string of the molecule is COc1ccc(C(O)=C2C(=O)C(=O)N(CC[NH+](C)C)[C@@H]2c2ccc(OCc3ccccc3)cc2)cc1. The molecule has 0 spiro atoms. The molecule has 1 amide bonds. The molecule has 0 unspecified atom stereocenters. The number of hydrogen-bond donors (Lipinski definition) is 2. The van der Waals surface area contributed by atoms with E-state index in [2.05, 4.69) is 0 Å². The number of rotatable bonds is 9. The van der Waals surface area contributed by atoms with Crippen LogP contribution in [0, 0.1) is 0 Å². The van der Waals surface area contributed by atoms with Gasteiger partial charge in [-0.2, -0.15) is 0 Å². The topological polar surface area (TPSA) is 80.5 Å². The molecule has 7 nitrogen and oxygen atoms in total. The van der Waals surface area contributed by atoms with Gasteiger partial charge in [0, 0.05) is 5.56 Å². The minimum absolute atomic E-state index is 0.0804. The van der Waals surface area contributed by atoms with Crippen LogP contribution in [0.1, 0.15) is 22.7 Å². The zero-order valence-corrected chi connectivity index (χ0v) is 20.7. The number of quaternary nitrogens is 1. The summed E-state index contributed by atoms with van der Waals surface area (Å²) < 4.78 is 11.1. The summed E-state index contributed by atoms with van der Waals surface area (Å²) in [5.41, 5.74) is 2.31. The van der Waals surface area contributed by atoms with Crippen LogP contribution in [-0.2, 0) is 16.2 Å². The molecular weight excluding hydrogens is 456 g/mol. The molecule has 0 saturated carbocycles. The molecule has 4 rings (SSSR count). The molecule has 0 aromatic heterocycles. The Morgan fingerprint density at radius 3 is 2.17 bits per heavy atom. The van der Waals surface area contributed by atoms with E-state index in [1.807, 2.05) is 68.7 Å². The van der Waals surface area contributed by atoms with Gasteiger partial charge in [-0.1, -0.05) is 42.5 Å². The number of nitrogens with zero attached hydrogens (tertiary/aromatic N) is 1. The summed E-state index contributed by atoms with van der Waals surface area (Å²) in [4.78, 5) is 28.9. The predicted molar refractivity (Wildman–Crippen MR) is 137 cm³/mol. The lowest BCUT2D eigenvalue weighted by atomic mass is 9.95. The summed E-state index contributed by atoms with van der Waals surface area (Å²) in [6.45, 7) is 1.47. The van der Waals surface area contributed by atoms with Gasteiger partial charge in [-0.05, 0) is 47.5 Å². The van der Waals surface area contributed by atoms with E-state index in [9.17, 15) is 14.7 Å². The Labute approximate surface area is 211 Å². The highest BCUT2D eigenvalue weighted by atomic mass is 16.5. The third-order valence-corrected chi connectivity index (χ3v) is 6.20. The average Bonchev–Trinajstić information content (AvgIpc) is 3.16. The second kappa shape index (κ2) is 11.1. The summed E-state index contributed by atoms with van der Waals surface area (Å²) in [6, 6.07) is 23.2. The zero-order chi connectivity index (χ0) is 25.7. The summed E-state index contributed by atoms with van der Waals surface area (Å²) in [5.74, 6) is -0.201. The van der Waals surface area contributed by atoms with Gasteiger partial charge in [0.1, 0.15) is 23.9 Å². The Hall–Kier alpha value is -4.10. The van der Waals surface area contributed by atoms with Crippen molar-refractivity contribution < 1.29 is 29.1 Å². The molecule has 36 heavy (non-hydrogen) atoms. The number of nitrogens with one attached hydrogen (secondary N) is 1. The molecule has 3 aromatic carbocycles. The van der Waals surface area contributed by atoms with Crippen LogP contribution in [0.15, 0.2) is 84.4 Å². The number of Topliss-reactive ketones (excluding diaryl/α,β-unsaturated/α-hetero) is 1. The number of hydrogen-bond acceptors (Lipinski definition) is 5. The van der Waals surface area contributed by atoms with E-state index in [-0.39, 0.29) is 11.3 Å². The molecule has 1 fully saturated rings. The molecule has 2 N–H and O–H groups in total. The first kappa shape index (κ1) is 25.0. The second-order valence-electron chi connectivity index (χ2n) is 9.02. The smallest absolute Gasteiger partial charge is 0.295 e. The van der Waals surface area contributed by atoms with Crippen LogP contribution in [0.4, 0.5) is 0 Å². The molecule has 1 saturated heterocycles. The van der Waals surface area contributed by atoms with E-state index in [4.69, 9.17) is 9.47 Å². The number of ketones is 1. The lowest BCUT2D eigenvalue weighted by molar-refractivity contribution is -0.857. The van der Waals surface area contributed by atoms with Crippen molar-refractivity contribution in [3.8, 4) is 11.5 Å². The molecule has 0 bridgehead atoms. The number of amides is 1. The van der Waals surface area contributed by atoms with Crippen molar-refractivity contribution in [2.75, 3.05) is 34.3 Å². The summed E-state index contributed by atoms with van der Waals surface area (Å²) in [5, 5.41) is 11.2. The van der Waals surface area contributed by atoms with Crippen LogP contribution in [0.3, 0.4) is 0 Å². The highest BCUT2D eigenvalue weighted by molar-refractivity contribution is 6.46. The molecule has 0 aliphatic carbocycles. The third-order valence-electron chi connectivity index (χ3n) is 6.20. The zero-order valence-electron chi connectivity index (χ0n) is 20.7. The van der Waals surface area contributed by atoms with Crippen LogP contribution < -0.4 is 14.4 Å². The lowest BCUT2D eigenvalue weighted by Gasteiger charge is -2.25. The van der Waals surface area contributed by atoms with Crippen molar-refractivity contribution in [2.45, 2.75) is 12.6 Å². The van der Waals surface area contributed by atoms with E-state index in [1.165, 1.54) is 0 Å². The number of likely N-dealkylation sites (N-methyl/N-ethyl adjacent to an activating group) is 1. The molecule has 3 aromatic rings. The Kier molecular flexibility index (Phi) is 7.71. The van der Waals surface area contributed by atoms with Gasteiger partial charge in [0.15, 0.2) is 0 Å². The van der Waals surface area contributed by atoms with E-state index in [0.29, 0.717) is 36.8 Å². The number of carbonyl (C=O) groups excluding carboxylic acids is 2. The fourth-order valence-corrected chi connectivity index (χ4v) is 4.19. The van der Waals surface area contributed by atoms with E-state index >= 15 is 0 Å². The molecule has 186 valence electrons. The maximum Gasteiger partial charge on any atom is 0.295 e. The van der Waals surface area contributed by atoms with Crippen LogP contribution in [0.5, 0.6) is 11.5 Å². The van der Waals surface area contributed by atoms with Gasteiger partial charge in [-0.3, -0.25) is 9.59 Å². The van der Waals surface area contributed by atoms with Crippen molar-refractivity contribution in [3.63, 3.8) is 0 Å². The number of ether oxygens (including phenoxy) is 2. The van der Waals surface area contributed by atoms with Crippen molar-refractivity contribution in [1.82, 2.24) is 4.90 Å². The highest BCUT2D eigenvalue weighted by Gasteiger charge is 2.46. The van der Waals surface area contributed by atoms with Gasteiger partial charge in [0.25, 0.3) is 11.7 Å². The summed E-state index contributed by atoms with van der Waals surface area (Å²) in [7, 11) is 5.53. The number of methoxy groups -OCH3 is 1. The van der Waals surface area contributed by atoms with Gasteiger partial charge in [0.2, 0.25) is 0 Å². The molecule has 1 atom stereocenters. The van der Waals surface area contributed by atoms with Crippen molar-refractivity contribution in [1.29, 1.82) is 0 Å². The third kappa shape index (κ3) is 5.42. The standard InChI is InChI=1S/C29H30N2O5/c1-30(2)17-18-31-26(21-9-15-24(16-10-21)36-19-20-7-5-4-6-8-20)25(28(33)29(31)34)27(32)22-11-13-23(35-3)14-12-22/h4-16,26,32H,17-19H2,1-3H3/p+1/t26-/m1/s1. The molecule has 7 heteroatoms. The number of aliphatic hydroxyl groups is 1. The number of likely N-dealkylation sites (tertiary alicyclic amines) is 1. The largest absolute Gasteiger partial charge is 0.507 e. The van der Waals surface area contributed by atoms with Crippen LogP contribution in [0.25, 0.3) is 5.76 Å². The number of aliphatic hydroxyl groups excluding tert-OH is 1. The maximum absolute atomic E-state index is 13.1. The van der Waals surface area contributed by atoms with E-state index in [1.54, 1.807) is 36.3 Å². The van der Waals surface area contributed by atoms with Crippen molar-refractivity contribution >= 4 is 17.4 Å².